The Morgan fingerprint density at radius 3 is 2.13 bits per heavy atom. The van der Waals surface area contributed by atoms with Crippen LogP contribution in [-0.2, 0) is 34.8 Å². The molecule has 52 heavy (non-hydrogen) atoms. The zero-order valence-electron chi connectivity index (χ0n) is 28.8. The molecule has 1 atom stereocenters. The number of alkyl halides is 6. The van der Waals surface area contributed by atoms with E-state index >= 15 is 0 Å². The number of nitrogens with one attached hydrogen (secondary N) is 1. The minimum absolute atomic E-state index is 0.166. The fraction of sp³-hybridized carbons (Fsp3) is 0.618. The lowest BCUT2D eigenvalue weighted by atomic mass is 9.97. The number of fused-ring (bicyclic) bond motifs is 1. The highest BCUT2D eigenvalue weighted by Crippen LogP contribution is 2.42. The maximum atomic E-state index is 14.0. The van der Waals surface area contributed by atoms with Crippen molar-refractivity contribution in [3.63, 3.8) is 0 Å². The van der Waals surface area contributed by atoms with Gasteiger partial charge in [0.15, 0.2) is 6.10 Å². The fourth-order valence-electron chi connectivity index (χ4n) is 7.63. The molecule has 3 fully saturated rings. The van der Waals surface area contributed by atoms with Crippen molar-refractivity contribution in [2.24, 2.45) is 0 Å². The summed E-state index contributed by atoms with van der Waals surface area (Å²) in [6.07, 6.45) is -10.7. The molecule has 2 aromatic rings. The molecule has 4 aliphatic heterocycles. The standard InChI is InChI=1S/C34H43F6N7O4S/c1-43-7-2-8-44(14-13-43)23-3-9-45(10-4-23)30(48)28(17-21-15-25(33(35,36)37)29(41)26(16-21)34(38,39)40)51-32(50)46-11-5-24(6-12-46)47-18-22-19-52-20-27(22)42-31(47)49/h15-16,19-20,23-24,28H,2-14,17-18,41H2,1H3,(H,42,49)/t28-/m1/s1. The fourth-order valence-corrected chi connectivity index (χ4v) is 8.41. The number of thiophene rings is 1. The Balaban J connectivity index is 1.17. The van der Waals surface area contributed by atoms with Gasteiger partial charge in [0, 0.05) is 68.7 Å². The Kier molecular flexibility index (Phi) is 11.2. The summed E-state index contributed by atoms with van der Waals surface area (Å²) in [6.45, 7) is 5.03. The average Bonchev–Trinajstić information content (AvgIpc) is 3.44. The van der Waals surface area contributed by atoms with Crippen molar-refractivity contribution < 1.29 is 45.5 Å². The molecule has 0 unspecified atom stereocenters. The third kappa shape index (κ3) is 8.54. The van der Waals surface area contributed by atoms with Gasteiger partial charge in [0.25, 0.3) is 5.91 Å². The van der Waals surface area contributed by atoms with Crippen molar-refractivity contribution in [1.29, 1.82) is 0 Å². The van der Waals surface area contributed by atoms with Crippen LogP contribution in [0.5, 0.6) is 0 Å². The van der Waals surface area contributed by atoms with Crippen LogP contribution in [0, 0.1) is 0 Å². The molecule has 0 spiro atoms. The molecular formula is C34H43F6N7O4S. The highest BCUT2D eigenvalue weighted by molar-refractivity contribution is 7.08. The summed E-state index contributed by atoms with van der Waals surface area (Å²) in [5.41, 5.74) is 1.78. The first-order valence-corrected chi connectivity index (χ1v) is 18.4. The molecular weight excluding hydrogens is 716 g/mol. The van der Waals surface area contributed by atoms with E-state index in [9.17, 15) is 40.7 Å². The maximum Gasteiger partial charge on any atom is 0.418 e. The van der Waals surface area contributed by atoms with Crippen LogP contribution in [0.2, 0.25) is 0 Å². The number of carbonyl (C=O) groups is 3. The molecule has 3 saturated heterocycles. The number of hydrogen-bond acceptors (Lipinski definition) is 8. The molecule has 5 heterocycles. The predicted octanol–water partition coefficient (Wildman–Crippen LogP) is 5.56. The molecule has 286 valence electrons. The van der Waals surface area contributed by atoms with E-state index in [1.807, 2.05) is 10.8 Å². The molecule has 1 aromatic carbocycles. The number of ether oxygens (including phenoxy) is 1. The molecule has 4 amide bonds. The number of nitrogen functional groups attached to an aromatic ring is 1. The lowest BCUT2D eigenvalue weighted by Crippen LogP contribution is -2.53. The van der Waals surface area contributed by atoms with E-state index in [0.717, 1.165) is 43.9 Å². The molecule has 1 aromatic heterocycles. The van der Waals surface area contributed by atoms with Crippen LogP contribution >= 0.6 is 11.3 Å². The second kappa shape index (κ2) is 15.3. The number of halogens is 6. The van der Waals surface area contributed by atoms with Crippen LogP contribution in [0.1, 0.15) is 54.4 Å². The predicted molar refractivity (Wildman–Crippen MR) is 182 cm³/mol. The van der Waals surface area contributed by atoms with Crippen LogP contribution in [0.15, 0.2) is 22.9 Å². The van der Waals surface area contributed by atoms with E-state index in [2.05, 4.69) is 22.2 Å². The Morgan fingerprint density at radius 2 is 1.50 bits per heavy atom. The summed E-state index contributed by atoms with van der Waals surface area (Å²) >= 11 is 1.48. The van der Waals surface area contributed by atoms with E-state index in [1.54, 1.807) is 4.90 Å². The normalized spacial score (nSPS) is 21.1. The number of nitrogens with zero attached hydrogens (tertiary/aromatic N) is 5. The van der Waals surface area contributed by atoms with Gasteiger partial charge in [-0.15, -0.1) is 11.3 Å². The quantitative estimate of drug-likeness (QED) is 0.293. The second-order valence-corrected chi connectivity index (χ2v) is 14.8. The summed E-state index contributed by atoms with van der Waals surface area (Å²) in [5.74, 6) is -0.687. The summed E-state index contributed by atoms with van der Waals surface area (Å²) < 4.78 is 88.9. The monoisotopic (exact) mass is 759 g/mol. The highest BCUT2D eigenvalue weighted by Gasteiger charge is 2.42. The molecule has 18 heteroatoms. The van der Waals surface area contributed by atoms with Crippen LogP contribution < -0.4 is 11.1 Å². The number of rotatable bonds is 6. The Bertz CT molecular complexity index is 1590. The van der Waals surface area contributed by atoms with Gasteiger partial charge in [-0.1, -0.05) is 0 Å². The third-order valence-corrected chi connectivity index (χ3v) is 11.4. The number of carbonyl (C=O) groups excluding carboxylic acids is 3. The van der Waals surface area contributed by atoms with Gasteiger partial charge in [0.2, 0.25) is 0 Å². The summed E-state index contributed by atoms with van der Waals surface area (Å²) in [5, 5.41) is 6.68. The van der Waals surface area contributed by atoms with Crippen LogP contribution in [-0.4, -0.2) is 120 Å². The minimum Gasteiger partial charge on any atom is -0.436 e. The number of nitrogens with two attached hydrogens (primary N) is 1. The van der Waals surface area contributed by atoms with Gasteiger partial charge in [-0.05, 0) is 75.3 Å². The molecule has 6 rings (SSSR count). The van der Waals surface area contributed by atoms with E-state index in [0.29, 0.717) is 57.5 Å². The van der Waals surface area contributed by atoms with Gasteiger partial charge < -0.3 is 35.4 Å². The summed E-state index contributed by atoms with van der Waals surface area (Å²) in [6, 6.07) is 0.748. The van der Waals surface area contributed by atoms with Gasteiger partial charge in [0.1, 0.15) is 0 Å². The van der Waals surface area contributed by atoms with E-state index < -0.39 is 59.3 Å². The topological polar surface area (TPSA) is 115 Å². The SMILES string of the molecule is CN1CCCN(C2CCN(C(=O)[C@@H](Cc3cc(C(F)(F)F)c(N)c(C(F)(F)F)c3)OC(=O)N3CCC(N4Cc5cscc5NC4=O)CC3)CC2)CC1. The lowest BCUT2D eigenvalue weighted by molar-refractivity contribution is -0.142. The summed E-state index contributed by atoms with van der Waals surface area (Å²) in [4.78, 5) is 49.5. The van der Waals surface area contributed by atoms with E-state index in [1.165, 1.54) is 21.1 Å². The largest absolute Gasteiger partial charge is 0.436 e. The number of anilines is 2. The van der Waals surface area contributed by atoms with Crippen molar-refractivity contribution in [3.8, 4) is 0 Å². The first-order chi connectivity index (χ1) is 24.6. The molecule has 0 aliphatic carbocycles. The van der Waals surface area contributed by atoms with Crippen molar-refractivity contribution in [2.45, 2.75) is 75.6 Å². The van der Waals surface area contributed by atoms with Crippen LogP contribution in [0.4, 0.5) is 47.3 Å². The van der Waals surface area contributed by atoms with Gasteiger partial charge in [-0.2, -0.15) is 26.3 Å². The molecule has 11 nitrogen and oxygen atoms in total. The van der Waals surface area contributed by atoms with Gasteiger partial charge in [0.05, 0.1) is 29.0 Å². The number of piperidine rings is 2. The maximum absolute atomic E-state index is 14.0. The first-order valence-electron chi connectivity index (χ1n) is 17.4. The summed E-state index contributed by atoms with van der Waals surface area (Å²) in [7, 11) is 2.07. The zero-order valence-corrected chi connectivity index (χ0v) is 29.6. The molecule has 0 saturated carbocycles. The van der Waals surface area contributed by atoms with Crippen molar-refractivity contribution >= 4 is 40.7 Å². The van der Waals surface area contributed by atoms with Gasteiger partial charge >= 0.3 is 24.5 Å². The minimum atomic E-state index is -5.21. The van der Waals surface area contributed by atoms with Crippen molar-refractivity contribution in [2.75, 3.05) is 70.5 Å². The Hall–Kier alpha value is -3.77. The van der Waals surface area contributed by atoms with Crippen molar-refractivity contribution in [1.82, 2.24) is 24.5 Å². The van der Waals surface area contributed by atoms with E-state index in [-0.39, 0.29) is 31.2 Å². The first kappa shape index (κ1) is 38.0. The van der Waals surface area contributed by atoms with Gasteiger partial charge in [-0.25, -0.2) is 9.59 Å². The number of likely N-dealkylation sites (tertiary alicyclic amines) is 2. The van der Waals surface area contributed by atoms with Crippen molar-refractivity contribution in [3.05, 3.63) is 45.1 Å². The number of amides is 4. The number of urea groups is 1. The molecule has 3 N–H and O–H groups in total. The molecule has 4 aliphatic rings. The van der Waals surface area contributed by atoms with Gasteiger partial charge in [-0.3, -0.25) is 9.69 Å². The number of likely N-dealkylation sites (N-methyl/N-ethyl adjacent to an activating group) is 1. The second-order valence-electron chi connectivity index (χ2n) is 14.0. The number of hydrogen-bond donors (Lipinski definition) is 2. The Labute approximate surface area is 301 Å². The zero-order chi connectivity index (χ0) is 37.4. The average molecular weight is 760 g/mol. The molecule has 0 radical (unpaired) electrons. The number of benzene rings is 1. The Morgan fingerprint density at radius 1 is 0.885 bits per heavy atom. The third-order valence-electron chi connectivity index (χ3n) is 10.6. The van der Waals surface area contributed by atoms with Crippen LogP contribution in [0.3, 0.4) is 0 Å². The lowest BCUT2D eigenvalue weighted by Gasteiger charge is -2.40. The molecule has 0 bridgehead atoms. The van der Waals surface area contributed by atoms with E-state index in [4.69, 9.17) is 10.5 Å². The van der Waals surface area contributed by atoms with Crippen LogP contribution in [0.25, 0.3) is 0 Å². The smallest absolute Gasteiger partial charge is 0.418 e. The highest BCUT2D eigenvalue weighted by atomic mass is 32.1.